The van der Waals surface area contributed by atoms with E-state index in [0.29, 0.717) is 43.7 Å². The monoisotopic (exact) mass is 476 g/mol. The molecule has 184 valence electrons. The van der Waals surface area contributed by atoms with Crippen molar-refractivity contribution in [1.82, 2.24) is 9.80 Å². The van der Waals surface area contributed by atoms with E-state index in [1.807, 2.05) is 13.8 Å². The third-order valence-electron chi connectivity index (χ3n) is 5.94. The molecule has 0 spiro atoms. The van der Waals surface area contributed by atoms with Crippen LogP contribution in [0.1, 0.15) is 59.4 Å². The number of ether oxygens (including phenoxy) is 1. The highest BCUT2D eigenvalue weighted by molar-refractivity contribution is 5.97. The fraction of sp³-hybridized carbons (Fsp3) is 0.462. The molecule has 1 aliphatic rings. The summed E-state index contributed by atoms with van der Waals surface area (Å²) in [4.78, 5) is 29.7. The summed E-state index contributed by atoms with van der Waals surface area (Å²) in [6.07, 6.45) is -2.46. The zero-order valence-electron chi connectivity index (χ0n) is 19.8. The van der Waals surface area contributed by atoms with Crippen LogP contribution in [0.25, 0.3) is 0 Å². The summed E-state index contributed by atoms with van der Waals surface area (Å²) in [6.45, 7) is 5.21. The van der Waals surface area contributed by atoms with Gasteiger partial charge in [0, 0.05) is 25.7 Å². The zero-order chi connectivity index (χ0) is 24.9. The second-order valence-corrected chi connectivity index (χ2v) is 9.10. The lowest BCUT2D eigenvalue weighted by molar-refractivity contribution is -0.137. The van der Waals surface area contributed by atoms with Crippen LogP contribution in [-0.4, -0.2) is 54.4 Å². The van der Waals surface area contributed by atoms with Crippen LogP contribution in [0.4, 0.5) is 13.2 Å². The van der Waals surface area contributed by atoms with Crippen molar-refractivity contribution >= 4 is 11.8 Å². The summed E-state index contributed by atoms with van der Waals surface area (Å²) >= 11 is 0. The quantitative estimate of drug-likeness (QED) is 0.587. The minimum Gasteiger partial charge on any atom is -0.491 e. The number of hydrogen-bond donors (Lipinski definition) is 0. The first-order chi connectivity index (χ1) is 16.1. The molecular formula is C26H31F3N2O3. The predicted molar refractivity (Wildman–Crippen MR) is 124 cm³/mol. The molecule has 1 atom stereocenters. The highest BCUT2D eigenvalue weighted by Crippen LogP contribution is 2.30. The van der Waals surface area contributed by atoms with Gasteiger partial charge in [-0.05, 0) is 61.6 Å². The minimum atomic E-state index is -4.46. The van der Waals surface area contributed by atoms with Crippen LogP contribution in [0.2, 0.25) is 0 Å². The van der Waals surface area contributed by atoms with Crippen molar-refractivity contribution in [3.05, 3.63) is 65.2 Å². The maximum absolute atomic E-state index is 13.5. The van der Waals surface area contributed by atoms with Gasteiger partial charge >= 0.3 is 6.18 Å². The Labute approximate surface area is 198 Å². The maximum Gasteiger partial charge on any atom is 0.416 e. The van der Waals surface area contributed by atoms with Crippen LogP contribution in [0.3, 0.4) is 0 Å². The minimum absolute atomic E-state index is 0.116. The van der Waals surface area contributed by atoms with E-state index in [2.05, 4.69) is 0 Å². The van der Waals surface area contributed by atoms with Gasteiger partial charge in [-0.15, -0.1) is 0 Å². The molecule has 1 heterocycles. The lowest BCUT2D eigenvalue weighted by Crippen LogP contribution is -2.45. The number of amides is 2. The van der Waals surface area contributed by atoms with Crippen molar-refractivity contribution in [3.63, 3.8) is 0 Å². The van der Waals surface area contributed by atoms with Gasteiger partial charge in [0.2, 0.25) is 0 Å². The number of para-hydroxylation sites is 1. The number of alkyl halides is 3. The first-order valence-electron chi connectivity index (χ1n) is 11.5. The Balaban J connectivity index is 1.92. The number of nitrogens with zero attached hydrogens (tertiary/aromatic N) is 2. The van der Waals surface area contributed by atoms with Gasteiger partial charge in [0.25, 0.3) is 11.8 Å². The second kappa shape index (κ2) is 10.9. The summed E-state index contributed by atoms with van der Waals surface area (Å²) in [5.74, 6) is 0.273. The van der Waals surface area contributed by atoms with Crippen LogP contribution in [0, 0.1) is 5.92 Å². The van der Waals surface area contributed by atoms with Crippen molar-refractivity contribution < 1.29 is 27.5 Å². The Morgan fingerprint density at radius 3 is 2.35 bits per heavy atom. The van der Waals surface area contributed by atoms with Crippen molar-refractivity contribution in [3.8, 4) is 5.75 Å². The third-order valence-corrected chi connectivity index (χ3v) is 5.94. The molecule has 0 N–H and O–H groups in total. The van der Waals surface area contributed by atoms with Gasteiger partial charge in [-0.1, -0.05) is 26.0 Å². The average molecular weight is 477 g/mol. The molecule has 2 aromatic carbocycles. The van der Waals surface area contributed by atoms with Crippen LogP contribution in [-0.2, 0) is 6.18 Å². The largest absolute Gasteiger partial charge is 0.491 e. The lowest BCUT2D eigenvalue weighted by Gasteiger charge is -2.34. The molecular weight excluding hydrogens is 445 g/mol. The smallest absolute Gasteiger partial charge is 0.416 e. The van der Waals surface area contributed by atoms with Gasteiger partial charge in [0.15, 0.2) is 0 Å². The molecule has 5 nitrogen and oxygen atoms in total. The van der Waals surface area contributed by atoms with Gasteiger partial charge in [-0.3, -0.25) is 9.59 Å². The first kappa shape index (κ1) is 25.6. The Hall–Kier alpha value is -3.03. The van der Waals surface area contributed by atoms with Gasteiger partial charge < -0.3 is 14.5 Å². The van der Waals surface area contributed by atoms with Gasteiger partial charge in [0.05, 0.1) is 17.2 Å². The maximum atomic E-state index is 13.5. The molecule has 0 aromatic heterocycles. The highest BCUT2D eigenvalue weighted by Gasteiger charge is 2.32. The molecule has 0 saturated carbocycles. The van der Waals surface area contributed by atoms with E-state index in [1.54, 1.807) is 41.1 Å². The van der Waals surface area contributed by atoms with Crippen LogP contribution in [0.15, 0.2) is 48.5 Å². The Kier molecular flexibility index (Phi) is 8.23. The molecule has 1 aliphatic heterocycles. The van der Waals surface area contributed by atoms with Crippen molar-refractivity contribution in [1.29, 1.82) is 0 Å². The number of fused-ring (bicyclic) bond motifs is 1. The predicted octanol–water partition coefficient (Wildman–Crippen LogP) is 5.51. The highest BCUT2D eigenvalue weighted by atomic mass is 19.4. The van der Waals surface area contributed by atoms with E-state index in [-0.39, 0.29) is 35.9 Å². The Bertz CT molecular complexity index is 990. The van der Waals surface area contributed by atoms with E-state index >= 15 is 0 Å². The molecule has 0 bridgehead atoms. The normalized spacial score (nSPS) is 18.1. The molecule has 0 saturated heterocycles. The van der Waals surface area contributed by atoms with Crippen molar-refractivity contribution in [2.45, 2.75) is 45.3 Å². The third kappa shape index (κ3) is 6.30. The molecule has 3 rings (SSSR count). The fourth-order valence-electron chi connectivity index (χ4n) is 4.14. The lowest BCUT2D eigenvalue weighted by atomic mass is 10.0. The SMILES string of the molecule is CC(C)C[C@H]1COc2ccccc2C(=O)N(C)CCCCN1C(=O)c1ccc(C(F)(F)F)cc1. The zero-order valence-corrected chi connectivity index (χ0v) is 19.8. The van der Waals surface area contributed by atoms with Gasteiger partial charge in [-0.25, -0.2) is 0 Å². The number of benzene rings is 2. The van der Waals surface area contributed by atoms with Gasteiger partial charge in [-0.2, -0.15) is 13.2 Å². The van der Waals surface area contributed by atoms with Crippen molar-refractivity contribution in [2.75, 3.05) is 26.7 Å². The molecule has 8 heteroatoms. The number of carbonyl (C=O) groups excluding carboxylic acids is 2. The molecule has 34 heavy (non-hydrogen) atoms. The van der Waals surface area contributed by atoms with Gasteiger partial charge in [0.1, 0.15) is 12.4 Å². The second-order valence-electron chi connectivity index (χ2n) is 9.10. The average Bonchev–Trinajstić information content (AvgIpc) is 2.80. The molecule has 0 unspecified atom stereocenters. The summed E-state index contributed by atoms with van der Waals surface area (Å²) in [5.41, 5.74) is -0.111. The fourth-order valence-corrected chi connectivity index (χ4v) is 4.14. The molecule has 2 aromatic rings. The molecule has 0 fully saturated rings. The number of halogens is 3. The molecule has 2 amide bonds. The van der Waals surface area contributed by atoms with E-state index in [9.17, 15) is 22.8 Å². The number of rotatable bonds is 3. The summed E-state index contributed by atoms with van der Waals surface area (Å²) < 4.78 is 45.0. The summed E-state index contributed by atoms with van der Waals surface area (Å²) in [6, 6.07) is 11.1. The van der Waals surface area contributed by atoms with Crippen molar-refractivity contribution in [2.24, 2.45) is 5.92 Å². The van der Waals surface area contributed by atoms with Crippen LogP contribution >= 0.6 is 0 Å². The molecule has 0 radical (unpaired) electrons. The van der Waals surface area contributed by atoms with E-state index in [1.165, 1.54) is 12.1 Å². The Morgan fingerprint density at radius 2 is 1.71 bits per heavy atom. The number of hydrogen-bond acceptors (Lipinski definition) is 3. The van der Waals surface area contributed by atoms with E-state index in [0.717, 1.165) is 12.1 Å². The van der Waals surface area contributed by atoms with Crippen LogP contribution < -0.4 is 4.74 Å². The van der Waals surface area contributed by atoms with E-state index < -0.39 is 11.7 Å². The standard InChI is InChI=1S/C26H31F3N2O3/c1-18(2)16-21-17-34-23-9-5-4-8-22(23)25(33)30(3)14-6-7-15-31(21)24(32)19-10-12-20(13-11-19)26(27,28)29/h4-5,8-13,18,21H,6-7,14-17H2,1-3H3/t21-/m0/s1. The Morgan fingerprint density at radius 1 is 1.06 bits per heavy atom. The molecule has 0 aliphatic carbocycles. The number of carbonyl (C=O) groups is 2. The topological polar surface area (TPSA) is 49.9 Å². The van der Waals surface area contributed by atoms with E-state index in [4.69, 9.17) is 4.74 Å². The van der Waals surface area contributed by atoms with Crippen LogP contribution in [0.5, 0.6) is 5.75 Å². The first-order valence-corrected chi connectivity index (χ1v) is 11.5. The summed E-state index contributed by atoms with van der Waals surface area (Å²) in [5, 5.41) is 0. The summed E-state index contributed by atoms with van der Waals surface area (Å²) in [7, 11) is 1.73.